The molecule has 0 unspecified atom stereocenters. The molecule has 6 heterocycles. The third kappa shape index (κ3) is 21.7. The van der Waals surface area contributed by atoms with E-state index in [0.29, 0.717) is 19.6 Å². The van der Waals surface area contributed by atoms with Crippen LogP contribution in [0.4, 0.5) is 9.59 Å². The van der Waals surface area contributed by atoms with Gasteiger partial charge in [0.15, 0.2) is 0 Å². The maximum absolute atomic E-state index is 11.6. The molecule has 6 rings (SSSR count). The molecule has 0 aromatic carbocycles. The summed E-state index contributed by atoms with van der Waals surface area (Å²) in [7, 11) is -1.39. The van der Waals surface area contributed by atoms with Crippen molar-refractivity contribution in [3.63, 3.8) is 0 Å². The Hall–Kier alpha value is -3.14. The fraction of sp³-hybridized carbons (Fsp3) is 0.660. The molecular weight excluding hydrogens is 1040 g/mol. The topological polar surface area (TPSA) is 197 Å². The number of alkyl carbamates (subject to hydrolysis) is 2. The van der Waals surface area contributed by atoms with E-state index in [4.69, 9.17) is 43.1 Å². The number of ether oxygens (including phenoxy) is 2. The molecule has 21 heteroatoms. The minimum Gasteiger partial charge on any atom is -0.444 e. The lowest BCUT2D eigenvalue weighted by molar-refractivity contribution is 0.00578. The summed E-state index contributed by atoms with van der Waals surface area (Å²) >= 11 is 6.56. The zero-order valence-corrected chi connectivity index (χ0v) is 46.0. The van der Waals surface area contributed by atoms with Gasteiger partial charge in [-0.2, -0.15) is 0 Å². The van der Waals surface area contributed by atoms with Gasteiger partial charge in [-0.05, 0) is 187 Å². The number of nitrogens with one attached hydrogen (secondary N) is 2. The quantitative estimate of drug-likeness (QED) is 0.189. The second-order valence-electron chi connectivity index (χ2n) is 21.3. The first-order valence-electron chi connectivity index (χ1n) is 22.3. The molecule has 3 saturated heterocycles. The lowest BCUT2D eigenvalue weighted by atomic mass is 9.49. The predicted octanol–water partition coefficient (Wildman–Crippen LogP) is 11.4. The number of rotatable bonds is 7. The van der Waals surface area contributed by atoms with E-state index in [0.717, 1.165) is 31.5 Å². The van der Waals surface area contributed by atoms with Crippen molar-refractivity contribution in [1.82, 2.24) is 25.6 Å². The van der Waals surface area contributed by atoms with E-state index in [9.17, 15) is 9.59 Å². The second-order valence-corrected chi connectivity index (χ2v) is 23.1. The van der Waals surface area contributed by atoms with Crippen molar-refractivity contribution in [2.75, 3.05) is 0 Å². The maximum Gasteiger partial charge on any atom is 0.496 e. The summed E-state index contributed by atoms with van der Waals surface area (Å²) in [5.41, 5.74) is 5.43. The molecule has 0 aliphatic carbocycles. The predicted molar refractivity (Wildman–Crippen MR) is 297 cm³/mol. The lowest BCUT2D eigenvalue weighted by Crippen LogP contribution is -2.41. The van der Waals surface area contributed by atoms with Gasteiger partial charge in [-0.25, -0.2) is 9.59 Å². The van der Waals surface area contributed by atoms with Crippen molar-refractivity contribution < 1.29 is 47.0 Å². The van der Waals surface area contributed by atoms with Gasteiger partial charge in [0.05, 0.1) is 63.8 Å². The van der Waals surface area contributed by atoms with Crippen molar-refractivity contribution in [2.24, 2.45) is 5.73 Å². The molecule has 0 atom stereocenters. The Kier molecular flexibility index (Phi) is 27.0. The van der Waals surface area contributed by atoms with Crippen LogP contribution in [-0.4, -0.2) is 93.1 Å². The summed E-state index contributed by atoms with van der Waals surface area (Å²) in [6.07, 6.45) is 4.25. The van der Waals surface area contributed by atoms with Gasteiger partial charge in [-0.15, -0.1) is 0 Å². The first-order valence-corrected chi connectivity index (χ1v) is 23.9. The van der Waals surface area contributed by atoms with Gasteiger partial charge in [0.25, 0.3) is 0 Å². The number of nitrogens with zero attached hydrogens (tertiary/aromatic N) is 3. The number of aromatic nitrogens is 3. The van der Waals surface area contributed by atoms with Crippen molar-refractivity contribution in [1.29, 1.82) is 0 Å². The van der Waals surface area contributed by atoms with E-state index in [1.165, 1.54) is 0 Å². The number of hydrogen-bond donors (Lipinski definition) is 3. The molecule has 0 spiro atoms. The fourth-order valence-corrected chi connectivity index (χ4v) is 6.12. The van der Waals surface area contributed by atoms with Crippen LogP contribution in [0.2, 0.25) is 0 Å². The number of halogens is 2. The highest BCUT2D eigenvalue weighted by molar-refractivity contribution is 9.10. The molecule has 3 fully saturated rings. The van der Waals surface area contributed by atoms with Gasteiger partial charge in [0.1, 0.15) is 11.2 Å². The van der Waals surface area contributed by atoms with Crippen LogP contribution in [0.3, 0.4) is 0 Å². The molecule has 3 aromatic heterocycles. The Bertz CT molecular complexity index is 1990. The van der Waals surface area contributed by atoms with E-state index >= 15 is 0 Å². The van der Waals surface area contributed by atoms with Crippen molar-refractivity contribution in [3.05, 3.63) is 81.0 Å². The van der Waals surface area contributed by atoms with Crippen LogP contribution < -0.4 is 21.8 Å². The highest BCUT2D eigenvalue weighted by atomic mass is 79.9. The molecule has 2 amide bonds. The average molecular weight is 1130 g/mol. The number of nitrogens with two attached hydrogens (primary N) is 1. The van der Waals surface area contributed by atoms with Crippen molar-refractivity contribution in [2.45, 2.75) is 219 Å². The Morgan fingerprint density at radius 2 is 0.817 bits per heavy atom. The van der Waals surface area contributed by atoms with E-state index in [-0.39, 0.29) is 63.3 Å². The van der Waals surface area contributed by atoms with Crippen LogP contribution in [0.15, 0.2) is 63.9 Å². The molecule has 0 radical (unpaired) electrons. The third-order valence-electron chi connectivity index (χ3n) is 11.6. The number of carbonyl (C=O) groups is 2. The summed E-state index contributed by atoms with van der Waals surface area (Å²) in [5, 5.41) is 5.32. The third-order valence-corrected chi connectivity index (χ3v) is 12.5. The van der Waals surface area contributed by atoms with Gasteiger partial charge in [-0.3, -0.25) is 15.0 Å². The van der Waals surface area contributed by atoms with E-state index < -0.39 is 44.5 Å². The first kappa shape index (κ1) is 69.9. The minimum absolute atomic E-state index is 0. The summed E-state index contributed by atoms with van der Waals surface area (Å²) in [6, 6.07) is 11.3. The van der Waals surface area contributed by atoms with E-state index in [1.54, 1.807) is 18.6 Å². The molecule has 3 aliphatic heterocycles. The van der Waals surface area contributed by atoms with Gasteiger partial charge in [0.2, 0.25) is 0 Å². The molecule has 0 saturated carbocycles. The van der Waals surface area contributed by atoms with E-state index in [2.05, 4.69) is 57.4 Å². The molecule has 4 N–H and O–H groups in total. The Balaban J connectivity index is 0. The molecule has 71 heavy (non-hydrogen) atoms. The second kappa shape index (κ2) is 27.4. The molecule has 16 nitrogen and oxygen atoms in total. The monoisotopic (exact) mass is 1120 g/mol. The van der Waals surface area contributed by atoms with Crippen LogP contribution in [0.25, 0.3) is 0 Å². The number of pyridine rings is 3. The zero-order valence-electron chi connectivity index (χ0n) is 42.8. The fourth-order valence-electron chi connectivity index (χ4n) is 5.65. The highest BCUT2D eigenvalue weighted by Gasteiger charge is 2.63. The SMILES string of the molecule is C.C.C.C.CC(C)(C)OC(=O)NCc1ccc(B2OC(C)(C)C(C)(C)O2)cn1.CC(C)(C)OC(=O)NCc1ccc(Br)cn1.CC1(C)OB(B2OC(C)(C)C(C)(C)O2)OC1(C)C.NCc1ccc(Br)cn1. The Morgan fingerprint density at radius 1 is 0.521 bits per heavy atom. The van der Waals surface area contributed by atoms with Gasteiger partial charge >= 0.3 is 33.3 Å². The van der Waals surface area contributed by atoms with E-state index in [1.807, 2.05) is 161 Å². The van der Waals surface area contributed by atoms with Gasteiger partial charge in [-0.1, -0.05) is 35.8 Å². The summed E-state index contributed by atoms with van der Waals surface area (Å²) in [6.45, 7) is 36.4. The molecule has 0 bridgehead atoms. The standard InChI is InChI=1S/C17H27BN2O4.C12H24B2O4.C11H15BrN2O2.C6H7BrN2.4CH4/c1-15(2,3)22-14(21)20-11-13-9-8-12(10-19-13)18-23-16(4,5)17(6,7)24-18;1-9(2)10(3,4)16-13(15-9)14-17-11(5,6)12(7,8)18-14;1-11(2,3)16-10(15)14-7-9-5-4-8(12)6-13-9;7-5-1-2-6(3-8)9-4-5;;;;/h8-10H,11H2,1-7H3,(H,20,21);1-8H3;4-6H,7H2,1-3H3,(H,14,15);1-2,4H,3,8H2;4*1H4. The largest absolute Gasteiger partial charge is 0.496 e. The summed E-state index contributed by atoms with van der Waals surface area (Å²) in [4.78, 5) is 35.5. The van der Waals surface area contributed by atoms with Crippen molar-refractivity contribution >= 4 is 70.6 Å². The number of amides is 2. The lowest BCUT2D eigenvalue weighted by Gasteiger charge is -2.32. The molecule has 402 valence electrons. The van der Waals surface area contributed by atoms with Gasteiger partial charge in [0, 0.05) is 39.5 Å². The Morgan fingerprint density at radius 3 is 1.08 bits per heavy atom. The Labute approximate surface area is 446 Å². The minimum atomic E-state index is -0.516. The summed E-state index contributed by atoms with van der Waals surface area (Å²) < 4.78 is 48.0. The number of hydrogen-bond acceptors (Lipinski definition) is 14. The summed E-state index contributed by atoms with van der Waals surface area (Å²) in [5.74, 6) is 0. The zero-order chi connectivity index (χ0) is 51.0. The van der Waals surface area contributed by atoms with Crippen LogP contribution in [0.1, 0.15) is 171 Å². The average Bonchev–Trinajstić information content (AvgIpc) is 3.66. The van der Waals surface area contributed by atoms with Crippen LogP contribution in [-0.2, 0) is 57.0 Å². The number of carbonyl (C=O) groups excluding carboxylic acids is 2. The molecular formula is C50H89B3Br2N6O10. The molecule has 3 aromatic rings. The van der Waals surface area contributed by atoms with Gasteiger partial charge < -0.3 is 53.8 Å². The van der Waals surface area contributed by atoms with Crippen LogP contribution >= 0.6 is 31.9 Å². The van der Waals surface area contributed by atoms with Crippen LogP contribution in [0.5, 0.6) is 0 Å². The highest BCUT2D eigenvalue weighted by Crippen LogP contribution is 2.43. The molecule has 3 aliphatic rings. The maximum atomic E-state index is 11.6. The normalized spacial score (nSPS) is 18.3. The van der Waals surface area contributed by atoms with Crippen molar-refractivity contribution in [3.8, 4) is 0 Å². The smallest absolute Gasteiger partial charge is 0.444 e. The first-order chi connectivity index (χ1) is 30.5. The van der Waals surface area contributed by atoms with Crippen LogP contribution in [0, 0.1) is 0 Å².